The Hall–Kier alpha value is -2.91. The summed E-state index contributed by atoms with van der Waals surface area (Å²) < 4.78 is 14.2. The zero-order valence-corrected chi connectivity index (χ0v) is 16.4. The van der Waals surface area contributed by atoms with Gasteiger partial charge in [0.25, 0.3) is 0 Å². The van der Waals surface area contributed by atoms with Gasteiger partial charge in [0.05, 0.1) is 24.5 Å². The number of halogens is 1. The van der Waals surface area contributed by atoms with E-state index < -0.39 is 0 Å². The van der Waals surface area contributed by atoms with Crippen LogP contribution in [0, 0.1) is 0 Å². The molecule has 0 aromatic carbocycles. The van der Waals surface area contributed by atoms with E-state index in [-0.39, 0.29) is 12.6 Å². The molecule has 0 atom stereocenters. The van der Waals surface area contributed by atoms with Crippen molar-refractivity contribution in [2.24, 2.45) is 7.05 Å². The Morgan fingerprint density at radius 1 is 1.07 bits per heavy atom. The standard InChI is InChI=1S/C20H24FN7O/c1-26-13-17(11-24-26)16-8-15-9-19(23-12-18(15)22-10-16)25-20(29)14-28-6-4-27(3-2-21)5-7-28/h8-13H,2-7,14H2,1H3,(H,23,25,29). The van der Waals surface area contributed by atoms with E-state index in [1.807, 2.05) is 25.4 Å². The summed E-state index contributed by atoms with van der Waals surface area (Å²) >= 11 is 0. The Kier molecular flexibility index (Phi) is 5.77. The lowest BCUT2D eigenvalue weighted by Gasteiger charge is -2.33. The smallest absolute Gasteiger partial charge is 0.239 e. The van der Waals surface area contributed by atoms with Gasteiger partial charge in [-0.2, -0.15) is 5.10 Å². The number of fused-ring (bicyclic) bond motifs is 1. The molecule has 1 fully saturated rings. The summed E-state index contributed by atoms with van der Waals surface area (Å²) in [7, 11) is 1.87. The number of piperazine rings is 1. The molecule has 0 bridgehead atoms. The first-order chi connectivity index (χ1) is 14.1. The summed E-state index contributed by atoms with van der Waals surface area (Å²) in [6.07, 6.45) is 7.18. The second-order valence-corrected chi connectivity index (χ2v) is 7.24. The minimum Gasteiger partial charge on any atom is -0.310 e. The molecule has 4 rings (SSSR count). The van der Waals surface area contributed by atoms with E-state index in [9.17, 15) is 9.18 Å². The largest absolute Gasteiger partial charge is 0.310 e. The van der Waals surface area contributed by atoms with E-state index in [4.69, 9.17) is 0 Å². The van der Waals surface area contributed by atoms with Crippen LogP contribution in [0.4, 0.5) is 10.2 Å². The number of rotatable bonds is 6. The summed E-state index contributed by atoms with van der Waals surface area (Å²) in [5.74, 6) is 0.399. The molecule has 1 N–H and O–H groups in total. The number of hydrogen-bond donors (Lipinski definition) is 1. The molecule has 3 aromatic rings. The Morgan fingerprint density at radius 3 is 2.59 bits per heavy atom. The number of aromatic nitrogens is 4. The third kappa shape index (κ3) is 4.75. The molecule has 1 amide bonds. The van der Waals surface area contributed by atoms with Crippen molar-refractivity contribution < 1.29 is 9.18 Å². The quantitative estimate of drug-likeness (QED) is 0.680. The van der Waals surface area contributed by atoms with Gasteiger partial charge < -0.3 is 5.32 Å². The van der Waals surface area contributed by atoms with Gasteiger partial charge in [0.15, 0.2) is 0 Å². The van der Waals surface area contributed by atoms with Crippen molar-refractivity contribution in [3.63, 3.8) is 0 Å². The summed E-state index contributed by atoms with van der Waals surface area (Å²) in [4.78, 5) is 25.3. The third-order valence-corrected chi connectivity index (χ3v) is 5.11. The normalized spacial score (nSPS) is 15.7. The van der Waals surface area contributed by atoms with E-state index in [1.165, 1.54) is 0 Å². The van der Waals surface area contributed by atoms with Gasteiger partial charge in [-0.1, -0.05) is 0 Å². The number of pyridine rings is 2. The molecular weight excluding hydrogens is 373 g/mol. The maximum atomic E-state index is 12.4. The van der Waals surface area contributed by atoms with Gasteiger partial charge in [0.1, 0.15) is 12.5 Å². The average Bonchev–Trinajstić information content (AvgIpc) is 3.15. The zero-order valence-electron chi connectivity index (χ0n) is 16.4. The van der Waals surface area contributed by atoms with Crippen LogP contribution < -0.4 is 5.32 Å². The van der Waals surface area contributed by atoms with E-state index in [1.54, 1.807) is 23.3 Å². The molecule has 0 aliphatic carbocycles. The van der Waals surface area contributed by atoms with E-state index in [0.29, 0.717) is 18.9 Å². The molecule has 9 heteroatoms. The molecule has 8 nitrogen and oxygen atoms in total. The van der Waals surface area contributed by atoms with E-state index >= 15 is 0 Å². The number of alkyl halides is 1. The maximum absolute atomic E-state index is 12.4. The van der Waals surface area contributed by atoms with Crippen LogP contribution in [0.1, 0.15) is 0 Å². The highest BCUT2D eigenvalue weighted by Crippen LogP contribution is 2.23. The fourth-order valence-electron chi connectivity index (χ4n) is 3.50. The monoisotopic (exact) mass is 397 g/mol. The molecule has 0 saturated carbocycles. The summed E-state index contributed by atoms with van der Waals surface area (Å²) in [6.45, 7) is 3.54. The number of amides is 1. The lowest BCUT2D eigenvalue weighted by atomic mass is 10.1. The Bertz CT molecular complexity index is 997. The lowest BCUT2D eigenvalue weighted by Crippen LogP contribution is -2.49. The van der Waals surface area contributed by atoms with Crippen molar-refractivity contribution in [3.05, 3.63) is 36.9 Å². The number of hydrogen-bond acceptors (Lipinski definition) is 6. The van der Waals surface area contributed by atoms with Crippen molar-refractivity contribution in [2.45, 2.75) is 0 Å². The number of nitrogens with one attached hydrogen (secondary N) is 1. The number of anilines is 1. The Labute approximate surface area is 168 Å². The van der Waals surface area contributed by atoms with Gasteiger partial charge in [-0.15, -0.1) is 0 Å². The predicted molar refractivity (Wildman–Crippen MR) is 109 cm³/mol. The fraction of sp³-hybridized carbons (Fsp3) is 0.400. The maximum Gasteiger partial charge on any atom is 0.239 e. The van der Waals surface area contributed by atoms with Crippen molar-refractivity contribution in [2.75, 3.05) is 51.3 Å². The molecule has 29 heavy (non-hydrogen) atoms. The van der Waals surface area contributed by atoms with Gasteiger partial charge in [0.2, 0.25) is 5.91 Å². The molecule has 152 valence electrons. The molecule has 0 radical (unpaired) electrons. The first-order valence-corrected chi connectivity index (χ1v) is 9.66. The predicted octanol–water partition coefficient (Wildman–Crippen LogP) is 1.56. The van der Waals surface area contributed by atoms with Crippen LogP contribution in [0.25, 0.3) is 22.0 Å². The van der Waals surface area contributed by atoms with Gasteiger partial charge in [-0.25, -0.2) is 9.37 Å². The summed E-state index contributed by atoms with van der Waals surface area (Å²) in [6, 6.07) is 3.85. The van der Waals surface area contributed by atoms with E-state index in [0.717, 1.165) is 48.2 Å². The van der Waals surface area contributed by atoms with Crippen LogP contribution in [-0.4, -0.2) is 81.4 Å². The van der Waals surface area contributed by atoms with Crippen molar-refractivity contribution in [1.29, 1.82) is 0 Å². The number of carbonyl (C=O) groups is 1. The molecule has 1 aliphatic rings. The Morgan fingerprint density at radius 2 is 1.86 bits per heavy atom. The first-order valence-electron chi connectivity index (χ1n) is 9.66. The topological polar surface area (TPSA) is 79.2 Å². The first kappa shape index (κ1) is 19.4. The van der Waals surface area contributed by atoms with Crippen LogP contribution >= 0.6 is 0 Å². The van der Waals surface area contributed by atoms with Crippen molar-refractivity contribution >= 4 is 22.6 Å². The Balaban J connectivity index is 1.40. The van der Waals surface area contributed by atoms with E-state index in [2.05, 4.69) is 30.2 Å². The van der Waals surface area contributed by atoms with Crippen molar-refractivity contribution in [1.82, 2.24) is 29.5 Å². The van der Waals surface area contributed by atoms with Gasteiger partial charge in [0, 0.05) is 68.7 Å². The minimum absolute atomic E-state index is 0.104. The average molecular weight is 397 g/mol. The molecule has 1 saturated heterocycles. The fourth-order valence-corrected chi connectivity index (χ4v) is 3.50. The highest BCUT2D eigenvalue weighted by Gasteiger charge is 2.19. The number of carbonyl (C=O) groups excluding carboxylic acids is 1. The number of aryl methyl sites for hydroxylation is 1. The SMILES string of the molecule is Cn1cc(-c2cnc3cnc(NC(=O)CN4CCN(CCF)CC4)cc3c2)cn1. The highest BCUT2D eigenvalue weighted by atomic mass is 19.1. The molecule has 0 unspecified atom stereocenters. The summed E-state index contributed by atoms with van der Waals surface area (Å²) in [5, 5.41) is 7.96. The molecule has 1 aliphatic heterocycles. The molecular formula is C20H24FN7O. The van der Waals surface area contributed by atoms with Gasteiger partial charge in [-0.3, -0.25) is 24.3 Å². The van der Waals surface area contributed by atoms with Crippen LogP contribution in [0.5, 0.6) is 0 Å². The molecule has 3 aromatic heterocycles. The van der Waals surface area contributed by atoms with Crippen LogP contribution in [0.2, 0.25) is 0 Å². The van der Waals surface area contributed by atoms with Crippen molar-refractivity contribution in [3.8, 4) is 11.1 Å². The lowest BCUT2D eigenvalue weighted by molar-refractivity contribution is -0.117. The van der Waals surface area contributed by atoms with Gasteiger partial charge >= 0.3 is 0 Å². The van der Waals surface area contributed by atoms with Crippen LogP contribution in [-0.2, 0) is 11.8 Å². The number of nitrogens with zero attached hydrogens (tertiary/aromatic N) is 6. The summed E-state index contributed by atoms with van der Waals surface area (Å²) in [5.41, 5.74) is 2.70. The minimum atomic E-state index is -0.328. The molecule has 4 heterocycles. The second-order valence-electron chi connectivity index (χ2n) is 7.24. The highest BCUT2D eigenvalue weighted by molar-refractivity contribution is 5.93. The third-order valence-electron chi connectivity index (χ3n) is 5.11. The van der Waals surface area contributed by atoms with Gasteiger partial charge in [-0.05, 0) is 12.1 Å². The second kappa shape index (κ2) is 8.62. The zero-order chi connectivity index (χ0) is 20.2. The van der Waals surface area contributed by atoms with Crippen LogP contribution in [0.15, 0.2) is 36.9 Å². The molecule has 0 spiro atoms. The van der Waals surface area contributed by atoms with Crippen LogP contribution in [0.3, 0.4) is 0 Å².